The van der Waals surface area contributed by atoms with Gasteiger partial charge in [-0.2, -0.15) is 5.10 Å². The van der Waals surface area contributed by atoms with Gasteiger partial charge < -0.3 is 18.8 Å². The van der Waals surface area contributed by atoms with Crippen LogP contribution < -0.4 is 4.74 Å². The van der Waals surface area contributed by atoms with E-state index < -0.39 is 5.79 Å². The maximum atomic E-state index is 6.48. The van der Waals surface area contributed by atoms with E-state index in [-0.39, 0.29) is 6.10 Å². The summed E-state index contributed by atoms with van der Waals surface area (Å²) in [7, 11) is 0. The van der Waals surface area contributed by atoms with E-state index in [0.717, 1.165) is 45.8 Å². The second-order valence-corrected chi connectivity index (χ2v) is 10.7. The van der Waals surface area contributed by atoms with Gasteiger partial charge in [-0.25, -0.2) is 14.6 Å². The van der Waals surface area contributed by atoms with Crippen molar-refractivity contribution in [2.24, 2.45) is 0 Å². The lowest BCUT2D eigenvalue weighted by Crippen LogP contribution is -2.34. The van der Waals surface area contributed by atoms with E-state index in [9.17, 15) is 0 Å². The molecule has 2 atom stereocenters. The van der Waals surface area contributed by atoms with E-state index in [1.165, 1.54) is 11.9 Å². The molecule has 0 saturated carbocycles. The van der Waals surface area contributed by atoms with Gasteiger partial charge in [-0.15, -0.1) is 0 Å². The molecule has 1 saturated heterocycles. The lowest BCUT2D eigenvalue weighted by molar-refractivity contribution is -0.190. The van der Waals surface area contributed by atoms with E-state index in [1.807, 2.05) is 54.6 Å². The van der Waals surface area contributed by atoms with E-state index in [4.69, 9.17) is 19.2 Å². The second-order valence-electron chi connectivity index (χ2n) is 9.75. The molecular formula is C31H30BrN5O3. The smallest absolute Gasteiger partial charge is 0.215 e. The molecule has 6 rings (SSSR count). The first kappa shape index (κ1) is 26.4. The number of hydrogen-bond acceptors (Lipinski definition) is 6. The molecule has 0 amide bonds. The molecule has 2 unspecified atom stereocenters. The number of benzene rings is 3. The zero-order valence-electron chi connectivity index (χ0n) is 22.2. The van der Waals surface area contributed by atoms with E-state index in [2.05, 4.69) is 68.0 Å². The highest BCUT2D eigenvalue weighted by Crippen LogP contribution is 2.37. The Balaban J connectivity index is 1.11. The van der Waals surface area contributed by atoms with Gasteiger partial charge in [0.1, 0.15) is 43.5 Å². The molecule has 1 aliphatic rings. The van der Waals surface area contributed by atoms with Gasteiger partial charge in [0.2, 0.25) is 5.79 Å². The Kier molecular flexibility index (Phi) is 7.77. The van der Waals surface area contributed by atoms with Gasteiger partial charge in [0, 0.05) is 34.8 Å². The van der Waals surface area contributed by atoms with Crippen molar-refractivity contribution in [3.05, 3.63) is 119 Å². The van der Waals surface area contributed by atoms with Crippen molar-refractivity contribution in [1.82, 2.24) is 24.3 Å². The molecule has 0 aliphatic carbocycles. The van der Waals surface area contributed by atoms with Gasteiger partial charge in [-0.05, 0) is 42.0 Å². The molecule has 1 aliphatic heterocycles. The highest BCUT2D eigenvalue weighted by Gasteiger charge is 2.44. The number of imidazole rings is 1. The van der Waals surface area contributed by atoms with Crippen LogP contribution in [0.25, 0.3) is 11.3 Å². The first-order valence-corrected chi connectivity index (χ1v) is 14.1. The number of rotatable bonds is 10. The van der Waals surface area contributed by atoms with Crippen molar-refractivity contribution < 1.29 is 14.2 Å². The van der Waals surface area contributed by atoms with Gasteiger partial charge >= 0.3 is 0 Å². The van der Waals surface area contributed by atoms with Crippen molar-refractivity contribution in [2.45, 2.75) is 38.3 Å². The van der Waals surface area contributed by atoms with Crippen molar-refractivity contribution in [3.8, 4) is 17.0 Å². The summed E-state index contributed by atoms with van der Waals surface area (Å²) < 4.78 is 23.8. The quantitative estimate of drug-likeness (QED) is 0.200. The molecule has 40 heavy (non-hydrogen) atoms. The molecule has 3 heterocycles. The molecule has 2 aromatic heterocycles. The standard InChI is InChI=1S/C31H30BrN5O3/c1-2-30-35-29(17-36(30)16-23-6-4-3-5-7-23)24-8-14-27(15-9-24)38-18-28-19-39-31(40-28,20-37-22-33-21-34-37)25-10-12-26(32)13-11-25/h3-15,17,21-22,28H,2,16,18-20H2,1H3. The van der Waals surface area contributed by atoms with Crippen LogP contribution >= 0.6 is 15.9 Å². The summed E-state index contributed by atoms with van der Waals surface area (Å²) in [6.07, 6.45) is 5.92. The number of hydrogen-bond donors (Lipinski definition) is 0. The van der Waals surface area contributed by atoms with Gasteiger partial charge in [0.15, 0.2) is 0 Å². The molecule has 5 aromatic rings. The molecule has 204 valence electrons. The molecule has 0 radical (unpaired) electrons. The van der Waals surface area contributed by atoms with Gasteiger partial charge in [-0.3, -0.25) is 0 Å². The molecule has 0 bridgehead atoms. The van der Waals surface area contributed by atoms with Crippen LogP contribution in [0.2, 0.25) is 0 Å². The van der Waals surface area contributed by atoms with E-state index in [0.29, 0.717) is 19.8 Å². The van der Waals surface area contributed by atoms with Crippen LogP contribution in [0, 0.1) is 0 Å². The Morgan fingerprint density at radius 2 is 1.82 bits per heavy atom. The normalized spacial score (nSPS) is 18.7. The van der Waals surface area contributed by atoms with Gasteiger partial charge in [0.25, 0.3) is 0 Å². The SMILES string of the molecule is CCc1nc(-c2ccc(OCC3COC(Cn4cncn4)(c4ccc(Br)cc4)O3)cc2)cn1Cc1ccccc1. The number of ether oxygens (including phenoxy) is 3. The number of aromatic nitrogens is 5. The maximum Gasteiger partial charge on any atom is 0.215 e. The topological polar surface area (TPSA) is 76.2 Å². The average Bonchev–Trinajstić information content (AvgIpc) is 3.74. The predicted octanol–water partition coefficient (Wildman–Crippen LogP) is 5.86. The summed E-state index contributed by atoms with van der Waals surface area (Å²) in [6, 6.07) is 26.4. The van der Waals surface area contributed by atoms with Crippen LogP contribution in [-0.4, -0.2) is 43.6 Å². The average molecular weight is 601 g/mol. The Hall–Kier alpha value is -3.79. The van der Waals surface area contributed by atoms with Crippen LogP contribution in [0.3, 0.4) is 0 Å². The Labute approximate surface area is 241 Å². The minimum absolute atomic E-state index is 0.243. The lowest BCUT2D eigenvalue weighted by Gasteiger charge is -2.28. The zero-order chi connectivity index (χ0) is 27.4. The van der Waals surface area contributed by atoms with Crippen LogP contribution in [0.4, 0.5) is 0 Å². The summed E-state index contributed by atoms with van der Waals surface area (Å²) in [4.78, 5) is 8.94. The van der Waals surface area contributed by atoms with Crippen molar-refractivity contribution >= 4 is 15.9 Å². The van der Waals surface area contributed by atoms with Crippen LogP contribution in [0.1, 0.15) is 23.9 Å². The van der Waals surface area contributed by atoms with Crippen molar-refractivity contribution in [2.75, 3.05) is 13.2 Å². The van der Waals surface area contributed by atoms with E-state index in [1.54, 1.807) is 11.0 Å². The fourth-order valence-electron chi connectivity index (χ4n) is 4.91. The van der Waals surface area contributed by atoms with Crippen LogP contribution in [0.15, 0.2) is 102 Å². The number of aryl methyl sites for hydroxylation is 1. The first-order chi connectivity index (χ1) is 19.6. The highest BCUT2D eigenvalue weighted by atomic mass is 79.9. The lowest BCUT2D eigenvalue weighted by atomic mass is 10.1. The predicted molar refractivity (Wildman–Crippen MR) is 155 cm³/mol. The summed E-state index contributed by atoms with van der Waals surface area (Å²) in [6.45, 7) is 4.09. The fourth-order valence-corrected chi connectivity index (χ4v) is 5.17. The molecule has 9 heteroatoms. The highest BCUT2D eigenvalue weighted by molar-refractivity contribution is 9.10. The summed E-state index contributed by atoms with van der Waals surface area (Å²) in [5.41, 5.74) is 4.18. The maximum absolute atomic E-state index is 6.48. The molecule has 1 fully saturated rings. The zero-order valence-corrected chi connectivity index (χ0v) is 23.8. The first-order valence-electron chi connectivity index (χ1n) is 13.3. The van der Waals surface area contributed by atoms with Crippen LogP contribution in [-0.2, 0) is 34.8 Å². The summed E-state index contributed by atoms with van der Waals surface area (Å²) in [5.74, 6) is 0.865. The third kappa shape index (κ3) is 5.86. The van der Waals surface area contributed by atoms with Gasteiger partial charge in [-0.1, -0.05) is 65.3 Å². The third-order valence-electron chi connectivity index (χ3n) is 6.94. The minimum Gasteiger partial charge on any atom is -0.491 e. The van der Waals surface area contributed by atoms with Crippen molar-refractivity contribution in [1.29, 1.82) is 0 Å². The minimum atomic E-state index is -0.970. The van der Waals surface area contributed by atoms with Crippen LogP contribution in [0.5, 0.6) is 5.75 Å². The monoisotopic (exact) mass is 599 g/mol. The number of halogens is 1. The third-order valence-corrected chi connectivity index (χ3v) is 7.47. The summed E-state index contributed by atoms with van der Waals surface area (Å²) >= 11 is 3.50. The molecular weight excluding hydrogens is 570 g/mol. The fraction of sp³-hybridized carbons (Fsp3) is 0.258. The largest absolute Gasteiger partial charge is 0.491 e. The number of nitrogens with zero attached hydrogens (tertiary/aromatic N) is 5. The Morgan fingerprint density at radius 3 is 2.55 bits per heavy atom. The van der Waals surface area contributed by atoms with Crippen molar-refractivity contribution in [3.63, 3.8) is 0 Å². The molecule has 3 aromatic carbocycles. The molecule has 0 N–H and O–H groups in total. The summed E-state index contributed by atoms with van der Waals surface area (Å²) in [5, 5.41) is 4.25. The van der Waals surface area contributed by atoms with Gasteiger partial charge in [0.05, 0.1) is 12.3 Å². The molecule has 0 spiro atoms. The van der Waals surface area contributed by atoms with E-state index >= 15 is 0 Å². The molecule has 8 nitrogen and oxygen atoms in total. The second kappa shape index (κ2) is 11.8. The Morgan fingerprint density at radius 1 is 1.02 bits per heavy atom. The Bertz CT molecular complexity index is 1520.